The third-order valence-corrected chi connectivity index (χ3v) is 3.04. The molecule has 0 saturated heterocycles. The highest BCUT2D eigenvalue weighted by Crippen LogP contribution is 2.02. The van der Waals surface area contributed by atoms with Crippen LogP contribution in [0.1, 0.15) is 25.3 Å². The number of likely N-dealkylation sites (N-methyl/N-ethyl adjacent to an activating group) is 1. The van der Waals surface area contributed by atoms with Gasteiger partial charge in [0.1, 0.15) is 0 Å². The number of carbonyl (C=O) groups is 2. The van der Waals surface area contributed by atoms with Crippen LogP contribution in [0, 0.1) is 0 Å². The summed E-state index contributed by atoms with van der Waals surface area (Å²) in [6.07, 6.45) is 1.47. The van der Waals surface area contributed by atoms with E-state index in [2.05, 4.69) is 5.32 Å². The molecule has 0 radical (unpaired) electrons. The number of nitrogens with one attached hydrogen (secondary N) is 1. The van der Waals surface area contributed by atoms with E-state index in [4.69, 9.17) is 5.73 Å². The SMILES string of the molecule is CCCC(N)C(=O)NCC(=O)N(C)Cc1ccccc1.Cl. The summed E-state index contributed by atoms with van der Waals surface area (Å²) >= 11 is 0. The van der Waals surface area contributed by atoms with Crippen molar-refractivity contribution in [1.82, 2.24) is 10.2 Å². The van der Waals surface area contributed by atoms with Gasteiger partial charge in [0.25, 0.3) is 0 Å². The Morgan fingerprint density at radius 1 is 1.29 bits per heavy atom. The number of benzene rings is 1. The van der Waals surface area contributed by atoms with Gasteiger partial charge >= 0.3 is 0 Å². The van der Waals surface area contributed by atoms with E-state index in [0.717, 1.165) is 12.0 Å². The second-order valence-electron chi connectivity index (χ2n) is 4.85. The fourth-order valence-corrected chi connectivity index (χ4v) is 1.82. The van der Waals surface area contributed by atoms with Crippen molar-refractivity contribution in [2.24, 2.45) is 5.73 Å². The lowest BCUT2D eigenvalue weighted by Crippen LogP contribution is -2.45. The van der Waals surface area contributed by atoms with Gasteiger partial charge in [-0.3, -0.25) is 9.59 Å². The van der Waals surface area contributed by atoms with Crippen LogP contribution in [0.3, 0.4) is 0 Å². The lowest BCUT2D eigenvalue weighted by molar-refractivity contribution is -0.132. The van der Waals surface area contributed by atoms with Gasteiger partial charge in [-0.25, -0.2) is 0 Å². The normalized spacial score (nSPS) is 11.2. The molecule has 0 aliphatic heterocycles. The maximum Gasteiger partial charge on any atom is 0.242 e. The second kappa shape index (κ2) is 10.2. The maximum absolute atomic E-state index is 11.9. The van der Waals surface area contributed by atoms with Gasteiger partial charge in [0, 0.05) is 13.6 Å². The van der Waals surface area contributed by atoms with E-state index in [-0.39, 0.29) is 30.8 Å². The monoisotopic (exact) mass is 313 g/mol. The summed E-state index contributed by atoms with van der Waals surface area (Å²) in [7, 11) is 1.72. The minimum absolute atomic E-state index is 0. The molecule has 1 atom stereocenters. The van der Waals surface area contributed by atoms with E-state index in [1.54, 1.807) is 11.9 Å². The zero-order valence-electron chi connectivity index (χ0n) is 12.5. The summed E-state index contributed by atoms with van der Waals surface area (Å²) in [4.78, 5) is 25.1. The fraction of sp³-hybridized carbons (Fsp3) is 0.467. The minimum Gasteiger partial charge on any atom is -0.346 e. The largest absolute Gasteiger partial charge is 0.346 e. The zero-order valence-corrected chi connectivity index (χ0v) is 13.4. The molecule has 21 heavy (non-hydrogen) atoms. The van der Waals surface area contributed by atoms with Gasteiger partial charge in [0.2, 0.25) is 11.8 Å². The lowest BCUT2D eigenvalue weighted by Gasteiger charge is -2.18. The lowest BCUT2D eigenvalue weighted by atomic mass is 10.2. The number of rotatable bonds is 7. The number of hydrogen-bond donors (Lipinski definition) is 2. The number of carbonyl (C=O) groups excluding carboxylic acids is 2. The summed E-state index contributed by atoms with van der Waals surface area (Å²) in [5.41, 5.74) is 6.73. The first-order valence-electron chi connectivity index (χ1n) is 6.85. The summed E-state index contributed by atoms with van der Waals surface area (Å²) in [5.74, 6) is -0.404. The highest BCUT2D eigenvalue weighted by molar-refractivity contribution is 5.87. The first-order valence-corrected chi connectivity index (χ1v) is 6.85. The Kier molecular flexibility index (Phi) is 9.41. The van der Waals surface area contributed by atoms with Crippen LogP contribution in [-0.2, 0) is 16.1 Å². The molecule has 0 aliphatic carbocycles. The molecule has 1 aromatic carbocycles. The summed E-state index contributed by atoms with van der Waals surface area (Å²) in [6.45, 7) is 2.47. The average Bonchev–Trinajstić information content (AvgIpc) is 2.45. The molecule has 0 fully saturated rings. The standard InChI is InChI=1S/C15H23N3O2.ClH/c1-3-7-13(16)15(20)17-10-14(19)18(2)11-12-8-5-4-6-9-12;/h4-6,8-9,13H,3,7,10-11,16H2,1-2H3,(H,17,20);1H. The van der Waals surface area contributed by atoms with E-state index >= 15 is 0 Å². The first kappa shape index (κ1) is 19.4. The van der Waals surface area contributed by atoms with Crippen LogP contribution in [0.15, 0.2) is 30.3 Å². The number of amides is 2. The van der Waals surface area contributed by atoms with E-state index in [1.165, 1.54) is 0 Å². The Balaban J connectivity index is 0.00000400. The maximum atomic E-state index is 11.9. The van der Waals surface area contributed by atoms with Crippen LogP contribution < -0.4 is 11.1 Å². The first-order chi connectivity index (χ1) is 9.54. The van der Waals surface area contributed by atoms with E-state index in [1.807, 2.05) is 37.3 Å². The zero-order chi connectivity index (χ0) is 15.0. The molecule has 0 heterocycles. The van der Waals surface area contributed by atoms with E-state index in [9.17, 15) is 9.59 Å². The molecule has 6 heteroatoms. The summed E-state index contributed by atoms with van der Waals surface area (Å²) < 4.78 is 0. The molecule has 0 aromatic heterocycles. The Morgan fingerprint density at radius 2 is 1.90 bits per heavy atom. The van der Waals surface area contributed by atoms with Gasteiger partial charge < -0.3 is 16.0 Å². The van der Waals surface area contributed by atoms with Gasteiger partial charge in [-0.1, -0.05) is 43.7 Å². The third kappa shape index (κ3) is 7.11. The highest BCUT2D eigenvalue weighted by atomic mass is 35.5. The van der Waals surface area contributed by atoms with Crippen molar-refractivity contribution in [3.8, 4) is 0 Å². The van der Waals surface area contributed by atoms with E-state index in [0.29, 0.717) is 13.0 Å². The van der Waals surface area contributed by atoms with Crippen molar-refractivity contribution in [3.05, 3.63) is 35.9 Å². The quantitative estimate of drug-likeness (QED) is 0.797. The third-order valence-electron chi connectivity index (χ3n) is 3.04. The molecule has 2 amide bonds. The van der Waals surface area contributed by atoms with Crippen molar-refractivity contribution in [2.45, 2.75) is 32.4 Å². The van der Waals surface area contributed by atoms with Crippen molar-refractivity contribution >= 4 is 24.2 Å². The topological polar surface area (TPSA) is 75.4 Å². The van der Waals surface area contributed by atoms with Crippen molar-refractivity contribution in [2.75, 3.05) is 13.6 Å². The van der Waals surface area contributed by atoms with Crippen molar-refractivity contribution < 1.29 is 9.59 Å². The fourth-order valence-electron chi connectivity index (χ4n) is 1.82. The van der Waals surface area contributed by atoms with Gasteiger partial charge in [0.15, 0.2) is 0 Å². The summed E-state index contributed by atoms with van der Waals surface area (Å²) in [5, 5.41) is 2.58. The van der Waals surface area contributed by atoms with Crippen molar-refractivity contribution in [3.63, 3.8) is 0 Å². The Labute approximate surface area is 132 Å². The molecule has 1 rings (SSSR count). The predicted octanol–water partition coefficient (Wildman–Crippen LogP) is 1.31. The van der Waals surface area contributed by atoms with Gasteiger partial charge in [-0.05, 0) is 12.0 Å². The minimum atomic E-state index is -0.535. The molecule has 1 unspecified atom stereocenters. The molecular formula is C15H24ClN3O2. The van der Waals surface area contributed by atoms with E-state index < -0.39 is 6.04 Å². The molecule has 5 nitrogen and oxygen atoms in total. The number of nitrogens with two attached hydrogens (primary N) is 1. The van der Waals surface area contributed by atoms with Crippen LogP contribution in [-0.4, -0.2) is 36.3 Å². The Bertz CT molecular complexity index is 440. The van der Waals surface area contributed by atoms with Crippen LogP contribution in [0.25, 0.3) is 0 Å². The predicted molar refractivity (Wildman–Crippen MR) is 86.1 cm³/mol. The Hall–Kier alpha value is -1.59. The molecular weight excluding hydrogens is 290 g/mol. The number of nitrogens with zero attached hydrogens (tertiary/aromatic N) is 1. The van der Waals surface area contributed by atoms with Crippen LogP contribution in [0.2, 0.25) is 0 Å². The molecule has 118 valence electrons. The molecule has 0 spiro atoms. The van der Waals surface area contributed by atoms with Crippen LogP contribution in [0.4, 0.5) is 0 Å². The number of halogens is 1. The number of hydrogen-bond acceptors (Lipinski definition) is 3. The smallest absolute Gasteiger partial charge is 0.242 e. The average molecular weight is 314 g/mol. The van der Waals surface area contributed by atoms with Crippen LogP contribution in [0.5, 0.6) is 0 Å². The molecule has 0 bridgehead atoms. The van der Waals surface area contributed by atoms with Gasteiger partial charge in [-0.15, -0.1) is 12.4 Å². The second-order valence-corrected chi connectivity index (χ2v) is 4.85. The molecule has 0 aliphatic rings. The molecule has 3 N–H and O–H groups in total. The van der Waals surface area contributed by atoms with Gasteiger partial charge in [-0.2, -0.15) is 0 Å². The van der Waals surface area contributed by atoms with Crippen molar-refractivity contribution in [1.29, 1.82) is 0 Å². The van der Waals surface area contributed by atoms with Gasteiger partial charge in [0.05, 0.1) is 12.6 Å². The Morgan fingerprint density at radius 3 is 2.48 bits per heavy atom. The summed E-state index contributed by atoms with van der Waals surface area (Å²) in [6, 6.07) is 9.17. The van der Waals surface area contributed by atoms with Crippen LogP contribution >= 0.6 is 12.4 Å². The molecule has 1 aromatic rings. The highest BCUT2D eigenvalue weighted by Gasteiger charge is 2.15. The molecule has 0 saturated carbocycles.